The first kappa shape index (κ1) is 9.45. The van der Waals surface area contributed by atoms with Gasteiger partial charge >= 0.3 is 0 Å². The molecule has 0 saturated carbocycles. The van der Waals surface area contributed by atoms with Crippen LogP contribution in [0, 0.1) is 0 Å². The second kappa shape index (κ2) is 4.40. The maximum Gasteiger partial charge on any atom is 0.142 e. The number of ketones is 1. The summed E-state index contributed by atoms with van der Waals surface area (Å²) in [6.45, 7) is 0. The molecule has 0 N–H and O–H groups in total. The molecule has 3 heteroatoms. The van der Waals surface area contributed by atoms with Gasteiger partial charge in [0.25, 0.3) is 0 Å². The summed E-state index contributed by atoms with van der Waals surface area (Å²) in [5.41, 5.74) is 0.828. The van der Waals surface area contributed by atoms with Crippen LogP contribution in [0.1, 0.15) is 12.0 Å². The Morgan fingerprint density at radius 1 is 1.15 bits per heavy atom. The molecule has 0 saturated heterocycles. The maximum atomic E-state index is 11.0. The lowest BCUT2D eigenvalue weighted by molar-refractivity contribution is -0.304. The molecule has 0 aliphatic heterocycles. The second-order valence-corrected chi connectivity index (χ2v) is 2.75. The van der Waals surface area contributed by atoms with E-state index in [4.69, 9.17) is 0 Å². The largest absolute Gasteiger partial charge is 0.550 e. The Hall–Kier alpha value is -1.64. The monoisotopic (exact) mass is 177 g/mol. The summed E-state index contributed by atoms with van der Waals surface area (Å²) >= 11 is 0. The summed E-state index contributed by atoms with van der Waals surface area (Å²) in [5.74, 6) is -1.65. The number of benzene rings is 1. The van der Waals surface area contributed by atoms with Gasteiger partial charge in [-0.15, -0.1) is 0 Å². The van der Waals surface area contributed by atoms with Gasteiger partial charge in [0.1, 0.15) is 5.78 Å². The Labute approximate surface area is 76.0 Å². The van der Waals surface area contributed by atoms with Crippen molar-refractivity contribution in [2.45, 2.75) is 12.8 Å². The van der Waals surface area contributed by atoms with E-state index in [2.05, 4.69) is 0 Å². The van der Waals surface area contributed by atoms with Crippen molar-refractivity contribution in [2.24, 2.45) is 0 Å². The number of carboxylic acid groups (broad SMARTS) is 1. The fourth-order valence-electron chi connectivity index (χ4n) is 1.05. The van der Waals surface area contributed by atoms with Crippen LogP contribution in [0.5, 0.6) is 0 Å². The van der Waals surface area contributed by atoms with E-state index in [1.807, 2.05) is 18.2 Å². The number of rotatable bonds is 4. The highest BCUT2D eigenvalue weighted by Crippen LogP contribution is 2.01. The lowest BCUT2D eigenvalue weighted by atomic mass is 10.1. The molecule has 13 heavy (non-hydrogen) atoms. The molecule has 0 aliphatic carbocycles. The Morgan fingerprint density at radius 2 is 1.77 bits per heavy atom. The van der Waals surface area contributed by atoms with Gasteiger partial charge in [-0.2, -0.15) is 0 Å². The molecule has 3 nitrogen and oxygen atoms in total. The normalized spacial score (nSPS) is 9.54. The standard InChI is InChI=1S/C10H10O3/c11-9(7-10(12)13)6-8-4-2-1-3-5-8/h1-5H,6-7H2,(H,12,13)/p-1. The average molecular weight is 177 g/mol. The Kier molecular flexibility index (Phi) is 3.20. The van der Waals surface area contributed by atoms with Crippen molar-refractivity contribution in [2.75, 3.05) is 0 Å². The quantitative estimate of drug-likeness (QED) is 0.605. The molecular formula is C10H9O3-. The molecule has 1 aromatic rings. The number of carbonyl (C=O) groups is 2. The summed E-state index contributed by atoms with van der Waals surface area (Å²) in [6.07, 6.45) is -0.344. The molecule has 0 amide bonds. The molecule has 0 bridgehead atoms. The summed E-state index contributed by atoms with van der Waals surface area (Å²) < 4.78 is 0. The van der Waals surface area contributed by atoms with Gasteiger partial charge in [-0.3, -0.25) is 4.79 Å². The molecule has 0 radical (unpaired) electrons. The third-order valence-corrected chi connectivity index (χ3v) is 1.59. The molecule has 0 aromatic heterocycles. The minimum absolute atomic E-state index is 0.162. The van der Waals surface area contributed by atoms with Gasteiger partial charge in [0.15, 0.2) is 0 Å². The smallest absolute Gasteiger partial charge is 0.142 e. The van der Waals surface area contributed by atoms with Crippen LogP contribution in [0.15, 0.2) is 30.3 Å². The number of hydrogen-bond donors (Lipinski definition) is 0. The van der Waals surface area contributed by atoms with Crippen molar-refractivity contribution in [1.82, 2.24) is 0 Å². The second-order valence-electron chi connectivity index (χ2n) is 2.75. The van der Waals surface area contributed by atoms with Crippen LogP contribution < -0.4 is 5.11 Å². The predicted molar refractivity (Wildman–Crippen MR) is 44.8 cm³/mol. The van der Waals surface area contributed by atoms with E-state index in [0.29, 0.717) is 0 Å². The molecule has 1 aromatic carbocycles. The number of carboxylic acids is 1. The number of aliphatic carboxylic acids is 1. The van der Waals surface area contributed by atoms with Crippen LogP contribution in [-0.4, -0.2) is 11.8 Å². The molecular weight excluding hydrogens is 168 g/mol. The third-order valence-electron chi connectivity index (χ3n) is 1.59. The minimum atomic E-state index is -1.32. The van der Waals surface area contributed by atoms with Crippen molar-refractivity contribution in [3.05, 3.63) is 35.9 Å². The van der Waals surface area contributed by atoms with Crippen molar-refractivity contribution >= 4 is 11.8 Å². The molecule has 0 atom stereocenters. The van der Waals surface area contributed by atoms with Gasteiger partial charge in [0.2, 0.25) is 0 Å². The lowest BCUT2D eigenvalue weighted by Crippen LogP contribution is -2.25. The molecule has 0 spiro atoms. The zero-order valence-corrected chi connectivity index (χ0v) is 7.03. The Morgan fingerprint density at radius 3 is 2.31 bits per heavy atom. The number of Topliss-reactive ketones (excluding diaryl/α,β-unsaturated/α-hetero) is 1. The van der Waals surface area contributed by atoms with E-state index < -0.39 is 12.4 Å². The first-order valence-corrected chi connectivity index (χ1v) is 3.94. The van der Waals surface area contributed by atoms with Gasteiger partial charge < -0.3 is 9.90 Å². The van der Waals surface area contributed by atoms with Crippen molar-refractivity contribution < 1.29 is 14.7 Å². The molecule has 0 unspecified atom stereocenters. The van der Waals surface area contributed by atoms with Crippen LogP contribution in [-0.2, 0) is 16.0 Å². The van der Waals surface area contributed by atoms with Gasteiger partial charge in [0, 0.05) is 18.8 Å². The highest BCUT2D eigenvalue weighted by molar-refractivity contribution is 5.94. The predicted octanol–water partition coefficient (Wildman–Crippen LogP) is -0.0618. The van der Waals surface area contributed by atoms with Crippen molar-refractivity contribution in [3.63, 3.8) is 0 Å². The van der Waals surface area contributed by atoms with E-state index in [9.17, 15) is 14.7 Å². The third kappa shape index (κ3) is 3.51. The highest BCUT2D eigenvalue weighted by Gasteiger charge is 2.02. The van der Waals surface area contributed by atoms with Crippen LogP contribution in [0.3, 0.4) is 0 Å². The van der Waals surface area contributed by atoms with E-state index in [1.165, 1.54) is 0 Å². The van der Waals surface area contributed by atoms with E-state index in [0.717, 1.165) is 5.56 Å². The van der Waals surface area contributed by atoms with Gasteiger partial charge in [-0.05, 0) is 5.56 Å². The van der Waals surface area contributed by atoms with Crippen LogP contribution in [0.2, 0.25) is 0 Å². The summed E-state index contributed by atoms with van der Waals surface area (Å²) in [5, 5.41) is 10.1. The maximum absolute atomic E-state index is 11.0. The molecule has 0 fully saturated rings. The summed E-state index contributed by atoms with van der Waals surface area (Å²) in [7, 11) is 0. The minimum Gasteiger partial charge on any atom is -0.550 e. The van der Waals surface area contributed by atoms with Gasteiger partial charge in [-0.25, -0.2) is 0 Å². The fourth-order valence-corrected chi connectivity index (χ4v) is 1.05. The molecule has 1 rings (SSSR count). The van der Waals surface area contributed by atoms with Crippen LogP contribution >= 0.6 is 0 Å². The van der Waals surface area contributed by atoms with Gasteiger partial charge in [-0.1, -0.05) is 30.3 Å². The zero-order chi connectivity index (χ0) is 9.68. The summed E-state index contributed by atoms with van der Waals surface area (Å²) in [6, 6.07) is 9.02. The van der Waals surface area contributed by atoms with Crippen molar-refractivity contribution in [3.8, 4) is 0 Å². The Balaban J connectivity index is 2.50. The topological polar surface area (TPSA) is 57.2 Å². The molecule has 0 aliphatic rings. The molecule has 0 heterocycles. The SMILES string of the molecule is O=C([O-])CC(=O)Cc1ccccc1. The Bertz CT molecular complexity index is 303. The van der Waals surface area contributed by atoms with E-state index >= 15 is 0 Å². The number of hydrogen-bond acceptors (Lipinski definition) is 3. The first-order valence-electron chi connectivity index (χ1n) is 3.94. The first-order chi connectivity index (χ1) is 6.18. The van der Waals surface area contributed by atoms with E-state index in [-0.39, 0.29) is 12.2 Å². The van der Waals surface area contributed by atoms with E-state index in [1.54, 1.807) is 12.1 Å². The average Bonchev–Trinajstić information content (AvgIpc) is 2.04. The molecule has 68 valence electrons. The summed E-state index contributed by atoms with van der Waals surface area (Å²) in [4.78, 5) is 21.1. The number of carbonyl (C=O) groups excluding carboxylic acids is 2. The fraction of sp³-hybridized carbons (Fsp3) is 0.200. The highest BCUT2D eigenvalue weighted by atomic mass is 16.4. The van der Waals surface area contributed by atoms with Gasteiger partial charge in [0.05, 0.1) is 0 Å². The van der Waals surface area contributed by atoms with Crippen LogP contribution in [0.4, 0.5) is 0 Å². The van der Waals surface area contributed by atoms with Crippen LogP contribution in [0.25, 0.3) is 0 Å². The lowest BCUT2D eigenvalue weighted by Gasteiger charge is -2.01. The van der Waals surface area contributed by atoms with Crippen molar-refractivity contribution in [1.29, 1.82) is 0 Å². The zero-order valence-electron chi connectivity index (χ0n) is 7.03.